The second-order valence-electron chi connectivity index (χ2n) is 5.48. The summed E-state index contributed by atoms with van der Waals surface area (Å²) in [4.78, 5) is 38.1. The number of hydrogen-bond acceptors (Lipinski definition) is 4. The molecular weight excluding hydrogens is 344 g/mol. The first-order valence-electron chi connectivity index (χ1n) is 7.57. The smallest absolute Gasteiger partial charge is 0.261 e. The molecule has 7 heteroatoms. The molecule has 0 saturated carbocycles. The second kappa shape index (κ2) is 7.04. The largest absolute Gasteiger partial charge is 0.383 e. The van der Waals surface area contributed by atoms with Crippen LogP contribution >= 0.6 is 11.6 Å². The summed E-state index contributed by atoms with van der Waals surface area (Å²) in [7, 11) is 1.50. The first kappa shape index (κ1) is 17.1. The van der Waals surface area contributed by atoms with Crippen molar-refractivity contribution < 1.29 is 19.1 Å². The summed E-state index contributed by atoms with van der Waals surface area (Å²) in [5, 5.41) is 3.29. The quantitative estimate of drug-likeness (QED) is 0.834. The first-order chi connectivity index (χ1) is 12.0. The van der Waals surface area contributed by atoms with Crippen molar-refractivity contribution in [2.45, 2.75) is 0 Å². The van der Waals surface area contributed by atoms with Crippen LogP contribution in [0.15, 0.2) is 42.5 Å². The van der Waals surface area contributed by atoms with E-state index >= 15 is 0 Å². The van der Waals surface area contributed by atoms with E-state index in [-0.39, 0.29) is 30.5 Å². The van der Waals surface area contributed by atoms with Gasteiger partial charge in [0.1, 0.15) is 0 Å². The van der Waals surface area contributed by atoms with Gasteiger partial charge in [-0.3, -0.25) is 19.3 Å². The number of imide groups is 1. The van der Waals surface area contributed by atoms with E-state index < -0.39 is 5.91 Å². The third-order valence-corrected chi connectivity index (χ3v) is 4.11. The zero-order chi connectivity index (χ0) is 18.0. The van der Waals surface area contributed by atoms with Crippen molar-refractivity contribution in [2.24, 2.45) is 0 Å². The molecule has 6 nitrogen and oxygen atoms in total. The van der Waals surface area contributed by atoms with Gasteiger partial charge in [-0.05, 0) is 42.5 Å². The number of carbonyl (C=O) groups is 3. The van der Waals surface area contributed by atoms with Crippen LogP contribution in [0, 0.1) is 0 Å². The minimum Gasteiger partial charge on any atom is -0.383 e. The number of nitrogens with zero attached hydrogens (tertiary/aromatic N) is 1. The van der Waals surface area contributed by atoms with E-state index in [4.69, 9.17) is 16.3 Å². The Kier molecular flexibility index (Phi) is 4.83. The Bertz CT molecular complexity index is 849. The zero-order valence-electron chi connectivity index (χ0n) is 13.4. The summed E-state index contributed by atoms with van der Waals surface area (Å²) in [5.41, 5.74) is 1.40. The van der Waals surface area contributed by atoms with Crippen LogP contribution in [0.4, 0.5) is 5.69 Å². The van der Waals surface area contributed by atoms with Gasteiger partial charge in [0.05, 0.1) is 24.3 Å². The lowest BCUT2D eigenvalue weighted by atomic mass is 10.1. The van der Waals surface area contributed by atoms with Crippen LogP contribution in [0.25, 0.3) is 0 Å². The summed E-state index contributed by atoms with van der Waals surface area (Å²) in [6.45, 7) is 0.435. The van der Waals surface area contributed by atoms with Gasteiger partial charge >= 0.3 is 0 Å². The number of anilines is 1. The number of nitrogens with one attached hydrogen (secondary N) is 1. The van der Waals surface area contributed by atoms with Gasteiger partial charge in [0.15, 0.2) is 0 Å². The molecule has 2 aromatic rings. The summed E-state index contributed by atoms with van der Waals surface area (Å²) < 4.78 is 4.92. The van der Waals surface area contributed by atoms with Gasteiger partial charge in [-0.1, -0.05) is 11.6 Å². The fourth-order valence-corrected chi connectivity index (χ4v) is 2.68. The molecule has 3 amide bonds. The zero-order valence-corrected chi connectivity index (χ0v) is 14.2. The van der Waals surface area contributed by atoms with Gasteiger partial charge in [0.2, 0.25) is 0 Å². The molecule has 25 heavy (non-hydrogen) atoms. The molecule has 0 bridgehead atoms. The van der Waals surface area contributed by atoms with Crippen LogP contribution < -0.4 is 5.32 Å². The summed E-state index contributed by atoms with van der Waals surface area (Å²) in [6.07, 6.45) is 0. The molecular formula is C18H15ClN2O4. The van der Waals surface area contributed by atoms with Crippen LogP contribution in [-0.2, 0) is 4.74 Å². The van der Waals surface area contributed by atoms with Gasteiger partial charge in [0.25, 0.3) is 17.7 Å². The van der Waals surface area contributed by atoms with Crippen LogP contribution in [0.1, 0.15) is 31.1 Å². The van der Waals surface area contributed by atoms with Crippen molar-refractivity contribution in [3.63, 3.8) is 0 Å². The lowest BCUT2D eigenvalue weighted by Crippen LogP contribution is -2.32. The molecule has 0 aliphatic carbocycles. The maximum absolute atomic E-state index is 12.4. The van der Waals surface area contributed by atoms with E-state index in [1.165, 1.54) is 25.3 Å². The van der Waals surface area contributed by atoms with Gasteiger partial charge < -0.3 is 10.1 Å². The van der Waals surface area contributed by atoms with Crippen LogP contribution in [0.3, 0.4) is 0 Å². The summed E-state index contributed by atoms with van der Waals surface area (Å²) in [5.74, 6) is -1.17. The number of ether oxygens (including phenoxy) is 1. The topological polar surface area (TPSA) is 75.7 Å². The van der Waals surface area contributed by atoms with Crippen LogP contribution in [0.5, 0.6) is 0 Å². The molecule has 1 aliphatic rings. The van der Waals surface area contributed by atoms with Gasteiger partial charge in [-0.15, -0.1) is 0 Å². The molecule has 128 valence electrons. The maximum Gasteiger partial charge on any atom is 0.261 e. The number of fused-ring (bicyclic) bond motifs is 1. The number of halogens is 1. The average molecular weight is 359 g/mol. The highest BCUT2D eigenvalue weighted by atomic mass is 35.5. The Labute approximate surface area is 149 Å². The Morgan fingerprint density at radius 2 is 1.76 bits per heavy atom. The molecule has 0 spiro atoms. The third kappa shape index (κ3) is 3.40. The van der Waals surface area contributed by atoms with E-state index in [1.807, 2.05) is 0 Å². The minimum absolute atomic E-state index is 0.176. The molecule has 1 aliphatic heterocycles. The lowest BCUT2D eigenvalue weighted by molar-refractivity contribution is 0.0603. The normalized spacial score (nSPS) is 13.1. The highest BCUT2D eigenvalue weighted by Crippen LogP contribution is 2.24. The van der Waals surface area contributed by atoms with Crippen LogP contribution in [-0.4, -0.2) is 42.9 Å². The Morgan fingerprint density at radius 3 is 2.44 bits per heavy atom. The molecule has 1 N–H and O–H groups in total. The van der Waals surface area contributed by atoms with Crippen molar-refractivity contribution in [3.8, 4) is 0 Å². The molecule has 3 rings (SSSR count). The maximum atomic E-state index is 12.4. The lowest BCUT2D eigenvalue weighted by Gasteiger charge is -2.12. The predicted octanol–water partition coefficient (Wildman–Crippen LogP) is 2.83. The van der Waals surface area contributed by atoms with E-state index in [0.717, 1.165) is 4.90 Å². The number of hydrogen-bond donors (Lipinski definition) is 1. The van der Waals surface area contributed by atoms with Crippen molar-refractivity contribution in [2.75, 3.05) is 25.6 Å². The molecule has 0 radical (unpaired) electrons. The Balaban J connectivity index is 1.81. The predicted molar refractivity (Wildman–Crippen MR) is 93.1 cm³/mol. The van der Waals surface area contributed by atoms with Crippen molar-refractivity contribution in [1.29, 1.82) is 0 Å². The Morgan fingerprint density at radius 1 is 1.08 bits per heavy atom. The number of methoxy groups -OCH3 is 1. The van der Waals surface area contributed by atoms with E-state index in [9.17, 15) is 14.4 Å². The fourth-order valence-electron chi connectivity index (χ4n) is 2.55. The standard InChI is InChI=1S/C18H15ClN2O4/c1-25-9-8-21-17(23)14-7-2-11(10-15(14)18(21)24)16(22)20-13-5-3-12(19)4-6-13/h2-7,10H,8-9H2,1H3,(H,20,22). The van der Waals surface area contributed by atoms with Crippen molar-refractivity contribution >= 4 is 35.0 Å². The molecule has 0 unspecified atom stereocenters. The summed E-state index contributed by atoms with van der Waals surface area (Å²) in [6, 6.07) is 11.1. The number of carbonyl (C=O) groups excluding carboxylic acids is 3. The Hall–Kier alpha value is -2.70. The highest BCUT2D eigenvalue weighted by molar-refractivity contribution is 6.30. The van der Waals surface area contributed by atoms with Crippen molar-refractivity contribution in [3.05, 3.63) is 64.2 Å². The molecule has 0 fully saturated rings. The van der Waals surface area contributed by atoms with Gasteiger partial charge in [-0.25, -0.2) is 0 Å². The van der Waals surface area contributed by atoms with Gasteiger partial charge in [-0.2, -0.15) is 0 Å². The SMILES string of the molecule is COCCN1C(=O)c2ccc(C(=O)Nc3ccc(Cl)cc3)cc2C1=O. The number of benzene rings is 2. The minimum atomic E-state index is -0.418. The van der Waals surface area contributed by atoms with Gasteiger partial charge in [0, 0.05) is 23.4 Å². The average Bonchev–Trinajstić information content (AvgIpc) is 2.85. The van der Waals surface area contributed by atoms with E-state index in [1.54, 1.807) is 24.3 Å². The van der Waals surface area contributed by atoms with Crippen LogP contribution in [0.2, 0.25) is 5.02 Å². The van der Waals surface area contributed by atoms with E-state index in [0.29, 0.717) is 21.8 Å². The number of rotatable bonds is 5. The molecule has 2 aromatic carbocycles. The van der Waals surface area contributed by atoms with E-state index in [2.05, 4.69) is 5.32 Å². The molecule has 1 heterocycles. The molecule has 0 aromatic heterocycles. The first-order valence-corrected chi connectivity index (χ1v) is 7.95. The number of amides is 3. The second-order valence-corrected chi connectivity index (χ2v) is 5.91. The highest BCUT2D eigenvalue weighted by Gasteiger charge is 2.35. The summed E-state index contributed by atoms with van der Waals surface area (Å²) >= 11 is 5.81. The fraction of sp³-hybridized carbons (Fsp3) is 0.167. The molecule has 0 atom stereocenters. The third-order valence-electron chi connectivity index (χ3n) is 3.85. The molecule has 0 saturated heterocycles. The monoisotopic (exact) mass is 358 g/mol. The van der Waals surface area contributed by atoms with Crippen molar-refractivity contribution in [1.82, 2.24) is 4.90 Å².